The van der Waals surface area contributed by atoms with Gasteiger partial charge in [-0.25, -0.2) is 0 Å². The van der Waals surface area contributed by atoms with Gasteiger partial charge in [0.25, 0.3) is 0 Å². The quantitative estimate of drug-likeness (QED) is 0.0424. The molecule has 6 saturated heterocycles. The monoisotopic (exact) mass is 1430 g/mol. The molecule has 0 aromatic rings. The molecule has 20 N–H and O–H groups in total. The van der Waals surface area contributed by atoms with Gasteiger partial charge in [-0.05, 0) is 99.7 Å². The predicted molar refractivity (Wildman–Crippen MR) is 330 cm³/mol. The first-order valence-electron chi connectivity index (χ1n) is 34.8. The summed E-state index contributed by atoms with van der Waals surface area (Å²) in [4.78, 5) is 15.5. The van der Waals surface area contributed by atoms with E-state index < -0.39 is 239 Å². The highest BCUT2D eigenvalue weighted by Crippen LogP contribution is 2.74. The van der Waals surface area contributed by atoms with Crippen LogP contribution in [-0.4, -0.2) is 337 Å². The number of Topliss-reactive ketones (excluding diaryl/α,β-unsaturated/α-hetero) is 1. The van der Waals surface area contributed by atoms with E-state index >= 15 is 4.79 Å². The molecule has 0 bridgehead atoms. The highest BCUT2D eigenvalue weighted by molar-refractivity contribution is 5.88. The van der Waals surface area contributed by atoms with Crippen molar-refractivity contribution in [1.82, 2.24) is 0 Å². The van der Waals surface area contributed by atoms with Crippen molar-refractivity contribution in [3.63, 3.8) is 0 Å². The van der Waals surface area contributed by atoms with Gasteiger partial charge in [0.1, 0.15) is 122 Å². The Kier molecular flexibility index (Phi) is 25.1. The molecule has 0 aromatic carbocycles. The first-order chi connectivity index (χ1) is 46.3. The SMILES string of the molecule is C[C@H](CC[C@@H](O[C@@H]1O[C@H](CO[C@@H]2O[C@H](CO)[C@@H](O)[C@H](O)[C@H]2O)[C@@H](O)[C@H](O)[C@H]1O[C@@H]1O[C@H](CO)C[C@H](O)[C@H]1O)C(C)(C)O)[C@H]1CC[C@@]2(C)[C@@H]3CC=C4[C@@H](CC[C@H](O[C@@H]5O[C@H](CCO[C@@H]6O[C@H](CO[C@@H]7O[C@H](O)[C@@H](O)[C@H](O)[C@H]7O)[C@@H](O)[C@H](O)[C@H]6O)[C@@H](O)[C@H](O)[C@H]5O)C4(C)C)[C@]3(C)C(=O)C[C@]12C. The summed E-state index contributed by atoms with van der Waals surface area (Å²) >= 11 is 0. The number of aliphatic hydroxyl groups excluding tert-OH is 19. The van der Waals surface area contributed by atoms with E-state index in [0.29, 0.717) is 25.7 Å². The zero-order valence-electron chi connectivity index (χ0n) is 57.1. The third-order valence-corrected chi connectivity index (χ3v) is 24.5. The van der Waals surface area contributed by atoms with Crippen molar-refractivity contribution in [2.75, 3.05) is 33.0 Å². The van der Waals surface area contributed by atoms with Gasteiger partial charge in [-0.3, -0.25) is 4.79 Å². The molecule has 3 saturated carbocycles. The van der Waals surface area contributed by atoms with E-state index in [9.17, 15) is 102 Å². The van der Waals surface area contributed by atoms with Crippen LogP contribution in [0.4, 0.5) is 0 Å². The van der Waals surface area contributed by atoms with Crippen molar-refractivity contribution in [2.45, 2.75) is 316 Å². The second-order valence-corrected chi connectivity index (χ2v) is 31.3. The Morgan fingerprint density at radius 3 is 1.68 bits per heavy atom. The largest absolute Gasteiger partial charge is 0.394 e. The minimum absolute atomic E-state index is 0.00597. The van der Waals surface area contributed by atoms with Crippen LogP contribution in [0.2, 0.25) is 0 Å². The normalized spacial score (nSPS) is 51.0. The summed E-state index contributed by atoms with van der Waals surface area (Å²) in [7, 11) is 0. The lowest BCUT2D eigenvalue weighted by Gasteiger charge is -2.65. The van der Waals surface area contributed by atoms with Crippen molar-refractivity contribution in [2.24, 2.45) is 45.3 Å². The minimum Gasteiger partial charge on any atom is -0.394 e. The lowest BCUT2D eigenvalue weighted by Crippen LogP contribution is -2.64. The molecule has 6 heterocycles. The van der Waals surface area contributed by atoms with Gasteiger partial charge in [0.2, 0.25) is 0 Å². The van der Waals surface area contributed by atoms with Gasteiger partial charge in [-0.15, -0.1) is 0 Å². The molecule has 38 atom stereocenters. The van der Waals surface area contributed by atoms with Gasteiger partial charge < -0.3 is 159 Å². The average Bonchev–Trinajstić information content (AvgIpc) is 1.65. The molecule has 10 aliphatic rings. The Morgan fingerprint density at radius 1 is 0.545 bits per heavy atom. The van der Waals surface area contributed by atoms with E-state index in [2.05, 4.69) is 33.8 Å². The highest BCUT2D eigenvalue weighted by Gasteiger charge is 2.71. The van der Waals surface area contributed by atoms with Crippen LogP contribution in [0.3, 0.4) is 0 Å². The van der Waals surface area contributed by atoms with Crippen LogP contribution in [0.25, 0.3) is 0 Å². The van der Waals surface area contributed by atoms with Crippen LogP contribution in [0, 0.1) is 45.3 Å². The number of fused-ring (bicyclic) bond motifs is 5. The maximum absolute atomic E-state index is 15.5. The average molecular weight is 1430 g/mol. The summed E-state index contributed by atoms with van der Waals surface area (Å²) in [6.45, 7) is 12.8. The molecule has 0 radical (unpaired) electrons. The number of aliphatic hydroxyl groups is 20. The first-order valence-corrected chi connectivity index (χ1v) is 34.8. The fourth-order valence-corrected chi connectivity index (χ4v) is 18.0. The van der Waals surface area contributed by atoms with Gasteiger partial charge in [0.05, 0.1) is 69.2 Å². The number of carbonyl (C=O) groups excluding carboxylic acids is 1. The van der Waals surface area contributed by atoms with E-state index in [4.69, 9.17) is 56.8 Å². The standard InChI is InChI=1S/C66H110O33/c1-25(9-13-38(63(4,5)87)97-61-54(98-59-39(71)30(69)19-26(21-67)91-59)48(80)43(75)34(95-61)24-89-57-51(83)45(77)41(73)32(22-68)93-57)27-15-17-64(6)35-12-10-28-29(66(35,8)36(70)20-65(27,64)7)11-14-37(62(28,2)3)96-60-53(85)44(76)40(72)31(92-60)16-18-88-56-50(82)46(78)42(74)33(94-56)23-90-58-52(84)47(79)49(81)55(86)99-58/h10,25-27,29-35,37-61,67-69,71-87H,9,11-24H2,1-8H3/t25-,26+,27-,29-,30+,31-,32-,33-,34-,35+,37+,38-,39-,40-,41-,42-,43-,44+,45+,46+,47+,48+,49+,50-,51-,52-,53-,54-,55+,56-,57-,58-,59+,60+,61+,64+,65-,66+/m1/s1. The number of allylic oxidation sites excluding steroid dienone is 1. The second-order valence-electron chi connectivity index (χ2n) is 31.3. The summed E-state index contributed by atoms with van der Waals surface area (Å²) in [5.74, 6) is -0.201. The number of hydrogen-bond donors (Lipinski definition) is 20. The smallest absolute Gasteiger partial charge is 0.189 e. The maximum atomic E-state index is 15.5. The van der Waals surface area contributed by atoms with Crippen molar-refractivity contribution < 1.29 is 164 Å². The molecule has 4 aliphatic carbocycles. The molecule has 33 heteroatoms. The van der Waals surface area contributed by atoms with Crippen LogP contribution < -0.4 is 0 Å². The van der Waals surface area contributed by atoms with Gasteiger partial charge in [-0.1, -0.05) is 53.2 Å². The third-order valence-electron chi connectivity index (χ3n) is 24.5. The van der Waals surface area contributed by atoms with Crippen LogP contribution in [0.15, 0.2) is 11.6 Å². The van der Waals surface area contributed by atoms with Crippen molar-refractivity contribution in [3.8, 4) is 0 Å². The molecule has 572 valence electrons. The summed E-state index contributed by atoms with van der Waals surface area (Å²) in [6.07, 6.45) is -43.9. The van der Waals surface area contributed by atoms with Crippen LogP contribution in [-0.2, 0) is 61.6 Å². The Balaban J connectivity index is 0.782. The molecule has 0 amide bonds. The number of ketones is 1. The van der Waals surface area contributed by atoms with Crippen molar-refractivity contribution >= 4 is 5.78 Å². The second kappa shape index (κ2) is 31.1. The number of rotatable bonds is 23. The molecule has 99 heavy (non-hydrogen) atoms. The van der Waals surface area contributed by atoms with Gasteiger partial charge >= 0.3 is 0 Å². The Bertz CT molecular complexity index is 2690. The molecule has 0 spiro atoms. The van der Waals surface area contributed by atoms with Crippen molar-refractivity contribution in [3.05, 3.63) is 11.6 Å². The Morgan fingerprint density at radius 2 is 1.07 bits per heavy atom. The van der Waals surface area contributed by atoms with Gasteiger partial charge in [0, 0.05) is 23.7 Å². The summed E-state index contributed by atoms with van der Waals surface area (Å²) in [5, 5.41) is 214. The van der Waals surface area contributed by atoms with Gasteiger partial charge in [-0.2, -0.15) is 0 Å². The third kappa shape index (κ3) is 15.1. The Labute approximate surface area is 573 Å². The molecular formula is C66H110O33. The van der Waals surface area contributed by atoms with Crippen LogP contribution in [0.5, 0.6) is 0 Å². The topological polar surface area (TPSA) is 532 Å². The lowest BCUT2D eigenvalue weighted by atomic mass is 9.38. The molecule has 9 fully saturated rings. The van der Waals surface area contributed by atoms with E-state index in [1.807, 2.05) is 13.8 Å². The van der Waals surface area contributed by atoms with Gasteiger partial charge in [0.15, 0.2) is 44.0 Å². The zero-order valence-corrected chi connectivity index (χ0v) is 57.1. The van der Waals surface area contributed by atoms with E-state index in [-0.39, 0.29) is 67.2 Å². The fraction of sp³-hybridized carbons (Fsp3) is 0.955. The van der Waals surface area contributed by atoms with E-state index in [0.717, 1.165) is 18.4 Å². The Hall–Kier alpha value is -1.87. The highest BCUT2D eigenvalue weighted by atomic mass is 16.8. The summed E-state index contributed by atoms with van der Waals surface area (Å²) < 4.78 is 70.6. The van der Waals surface area contributed by atoms with Crippen LogP contribution >= 0.6 is 0 Å². The molecule has 0 aromatic heterocycles. The number of carbonyl (C=O) groups is 1. The molecule has 6 aliphatic heterocycles. The molecule has 10 rings (SSSR count). The predicted octanol–water partition coefficient (Wildman–Crippen LogP) is -6.00. The molecular weight excluding hydrogens is 1320 g/mol. The minimum atomic E-state index is -1.93. The first kappa shape index (κ1) is 79.7. The molecule has 33 nitrogen and oxygen atoms in total. The molecule has 0 unspecified atom stereocenters. The van der Waals surface area contributed by atoms with Crippen molar-refractivity contribution in [1.29, 1.82) is 0 Å². The van der Waals surface area contributed by atoms with E-state index in [1.54, 1.807) is 0 Å². The van der Waals surface area contributed by atoms with E-state index in [1.165, 1.54) is 13.8 Å². The van der Waals surface area contributed by atoms with Crippen LogP contribution in [0.1, 0.15) is 120 Å². The summed E-state index contributed by atoms with van der Waals surface area (Å²) in [6, 6.07) is 0. The lowest BCUT2D eigenvalue weighted by molar-refractivity contribution is -0.374. The number of ether oxygens (including phenoxy) is 12. The summed E-state index contributed by atoms with van der Waals surface area (Å²) in [5.41, 5.74) is -2.99. The zero-order chi connectivity index (χ0) is 72.7. The maximum Gasteiger partial charge on any atom is 0.189 e. The number of hydrogen-bond acceptors (Lipinski definition) is 33. The fourth-order valence-electron chi connectivity index (χ4n) is 18.0.